The summed E-state index contributed by atoms with van der Waals surface area (Å²) in [5.74, 6) is 0.410. The normalized spacial score (nSPS) is 19.6. The van der Waals surface area contributed by atoms with Gasteiger partial charge in [0.25, 0.3) is 0 Å². The average molecular weight is 318 g/mol. The van der Waals surface area contributed by atoms with Gasteiger partial charge in [-0.15, -0.1) is 0 Å². The molecule has 0 bridgehead atoms. The van der Waals surface area contributed by atoms with Crippen LogP contribution in [0, 0.1) is 0 Å². The van der Waals surface area contributed by atoms with Gasteiger partial charge in [-0.25, -0.2) is 21.6 Å². The molecule has 0 aromatic heterocycles. The van der Waals surface area contributed by atoms with Crippen molar-refractivity contribution in [2.75, 3.05) is 23.9 Å². The third kappa shape index (κ3) is 3.71. The van der Waals surface area contributed by atoms with Crippen LogP contribution in [0.15, 0.2) is 29.2 Å². The highest BCUT2D eigenvalue weighted by Gasteiger charge is 2.23. The summed E-state index contributed by atoms with van der Waals surface area (Å²) in [6.45, 7) is 0. The Morgan fingerprint density at radius 1 is 1.10 bits per heavy atom. The topological polar surface area (TPSA) is 92.3 Å². The molecule has 2 rings (SSSR count). The quantitative estimate of drug-likeness (QED) is 0.847. The number of nitrogens with one attached hydrogen (secondary N) is 2. The molecular formula is C12H18N2O4S2. The zero-order valence-corrected chi connectivity index (χ0v) is 12.8. The number of anilines is 1. The minimum absolute atomic E-state index is 0.116. The standard InChI is InChI=1S/C12H18N2O4S2/c1-13-20(17,18)12-4-2-10(3-5-12)14-11-6-8-19(15,16)9-7-11/h2-5,11,13-14H,6-9H2,1H3. The third-order valence-electron chi connectivity index (χ3n) is 3.36. The maximum absolute atomic E-state index is 11.6. The van der Waals surface area contributed by atoms with Crippen LogP contribution < -0.4 is 10.0 Å². The highest BCUT2D eigenvalue weighted by atomic mass is 32.2. The van der Waals surface area contributed by atoms with Crippen molar-refractivity contribution in [3.05, 3.63) is 24.3 Å². The lowest BCUT2D eigenvalue weighted by atomic mass is 10.1. The van der Waals surface area contributed by atoms with Gasteiger partial charge in [0.15, 0.2) is 0 Å². The van der Waals surface area contributed by atoms with Gasteiger partial charge in [0, 0.05) is 11.7 Å². The van der Waals surface area contributed by atoms with Gasteiger partial charge in [-0.3, -0.25) is 0 Å². The van der Waals surface area contributed by atoms with Gasteiger partial charge in [0.2, 0.25) is 10.0 Å². The van der Waals surface area contributed by atoms with Crippen molar-refractivity contribution in [3.63, 3.8) is 0 Å². The van der Waals surface area contributed by atoms with Crippen molar-refractivity contribution >= 4 is 25.5 Å². The Morgan fingerprint density at radius 2 is 1.65 bits per heavy atom. The first-order valence-corrected chi connectivity index (χ1v) is 9.63. The summed E-state index contributed by atoms with van der Waals surface area (Å²) in [6, 6.07) is 6.53. The Balaban J connectivity index is 2.02. The van der Waals surface area contributed by atoms with Crippen LogP contribution in [0.3, 0.4) is 0 Å². The predicted octanol–water partition coefficient (Wildman–Crippen LogP) is 0.584. The second kappa shape index (κ2) is 5.71. The van der Waals surface area contributed by atoms with Gasteiger partial charge < -0.3 is 5.32 Å². The van der Waals surface area contributed by atoms with Gasteiger partial charge in [0.1, 0.15) is 9.84 Å². The number of benzene rings is 1. The number of hydrogen-bond acceptors (Lipinski definition) is 5. The molecule has 1 heterocycles. The molecule has 1 aliphatic heterocycles. The Bertz CT molecular complexity index is 652. The molecule has 112 valence electrons. The first-order chi connectivity index (χ1) is 9.32. The van der Waals surface area contributed by atoms with E-state index in [4.69, 9.17) is 0 Å². The molecule has 1 aromatic rings. The van der Waals surface area contributed by atoms with Gasteiger partial charge in [-0.05, 0) is 44.2 Å². The van der Waals surface area contributed by atoms with Crippen molar-refractivity contribution < 1.29 is 16.8 Å². The fourth-order valence-electron chi connectivity index (χ4n) is 2.12. The maximum atomic E-state index is 11.6. The summed E-state index contributed by atoms with van der Waals surface area (Å²) >= 11 is 0. The first-order valence-electron chi connectivity index (χ1n) is 6.33. The van der Waals surface area contributed by atoms with E-state index >= 15 is 0 Å². The predicted molar refractivity (Wildman–Crippen MR) is 78.0 cm³/mol. The summed E-state index contributed by atoms with van der Waals surface area (Å²) in [5.41, 5.74) is 0.796. The van der Waals surface area contributed by atoms with Crippen LogP contribution in [0.1, 0.15) is 12.8 Å². The molecule has 1 aliphatic rings. The van der Waals surface area contributed by atoms with E-state index in [2.05, 4.69) is 10.0 Å². The Morgan fingerprint density at radius 3 is 2.15 bits per heavy atom. The fourth-order valence-corrected chi connectivity index (χ4v) is 4.34. The Hall–Kier alpha value is -1.12. The lowest BCUT2D eigenvalue weighted by Crippen LogP contribution is -2.32. The van der Waals surface area contributed by atoms with Gasteiger partial charge in [-0.2, -0.15) is 0 Å². The van der Waals surface area contributed by atoms with E-state index in [1.54, 1.807) is 12.1 Å². The molecule has 0 atom stereocenters. The maximum Gasteiger partial charge on any atom is 0.240 e. The molecule has 1 fully saturated rings. The van der Waals surface area contributed by atoms with Crippen LogP contribution in [0.2, 0.25) is 0 Å². The number of rotatable bonds is 4. The molecule has 20 heavy (non-hydrogen) atoms. The molecule has 0 amide bonds. The van der Waals surface area contributed by atoms with Crippen LogP contribution in [-0.2, 0) is 19.9 Å². The highest BCUT2D eigenvalue weighted by Crippen LogP contribution is 2.19. The van der Waals surface area contributed by atoms with Gasteiger partial charge >= 0.3 is 0 Å². The van der Waals surface area contributed by atoms with Crippen LogP contribution >= 0.6 is 0 Å². The molecule has 0 radical (unpaired) electrons. The summed E-state index contributed by atoms with van der Waals surface area (Å²) in [6.07, 6.45) is 1.16. The average Bonchev–Trinajstić information content (AvgIpc) is 2.42. The molecule has 6 nitrogen and oxygen atoms in total. The van der Waals surface area contributed by atoms with Crippen molar-refractivity contribution in [3.8, 4) is 0 Å². The summed E-state index contributed by atoms with van der Waals surface area (Å²) in [7, 11) is -4.92. The Kier molecular flexibility index (Phi) is 4.36. The number of sulfone groups is 1. The van der Waals surface area contributed by atoms with E-state index in [0.29, 0.717) is 12.8 Å². The zero-order valence-electron chi connectivity index (χ0n) is 11.2. The van der Waals surface area contributed by atoms with Crippen LogP contribution in [0.5, 0.6) is 0 Å². The molecule has 8 heteroatoms. The first kappa shape index (κ1) is 15.3. The number of hydrogen-bond donors (Lipinski definition) is 2. The second-order valence-electron chi connectivity index (χ2n) is 4.80. The lowest BCUT2D eigenvalue weighted by molar-refractivity contribution is 0.559. The van der Waals surface area contributed by atoms with E-state index in [1.165, 1.54) is 19.2 Å². The minimum Gasteiger partial charge on any atom is -0.382 e. The molecule has 0 aliphatic carbocycles. The van der Waals surface area contributed by atoms with E-state index in [0.717, 1.165) is 5.69 Å². The largest absolute Gasteiger partial charge is 0.382 e. The smallest absolute Gasteiger partial charge is 0.240 e. The summed E-state index contributed by atoms with van der Waals surface area (Å²) in [4.78, 5) is 0.205. The third-order valence-corrected chi connectivity index (χ3v) is 6.50. The SMILES string of the molecule is CNS(=O)(=O)c1ccc(NC2CCS(=O)(=O)CC2)cc1. The van der Waals surface area contributed by atoms with E-state index in [-0.39, 0.29) is 22.4 Å². The van der Waals surface area contributed by atoms with Crippen molar-refractivity contribution in [2.45, 2.75) is 23.8 Å². The summed E-state index contributed by atoms with van der Waals surface area (Å²) < 4.78 is 48.1. The fraction of sp³-hybridized carbons (Fsp3) is 0.500. The van der Waals surface area contributed by atoms with Crippen molar-refractivity contribution in [2.24, 2.45) is 0 Å². The highest BCUT2D eigenvalue weighted by molar-refractivity contribution is 7.91. The number of sulfonamides is 1. The van der Waals surface area contributed by atoms with Gasteiger partial charge in [0.05, 0.1) is 16.4 Å². The molecule has 1 saturated heterocycles. The van der Waals surface area contributed by atoms with Crippen LogP contribution in [0.4, 0.5) is 5.69 Å². The molecule has 2 N–H and O–H groups in total. The Labute approximate surface area is 119 Å². The van der Waals surface area contributed by atoms with Crippen LogP contribution in [0.25, 0.3) is 0 Å². The monoisotopic (exact) mass is 318 g/mol. The molecule has 0 saturated carbocycles. The van der Waals surface area contributed by atoms with E-state index < -0.39 is 19.9 Å². The van der Waals surface area contributed by atoms with Crippen molar-refractivity contribution in [1.29, 1.82) is 0 Å². The molecule has 0 unspecified atom stereocenters. The van der Waals surface area contributed by atoms with Crippen LogP contribution in [-0.4, -0.2) is 41.4 Å². The van der Waals surface area contributed by atoms with E-state index in [9.17, 15) is 16.8 Å². The van der Waals surface area contributed by atoms with E-state index in [1.807, 2.05) is 0 Å². The second-order valence-corrected chi connectivity index (χ2v) is 8.99. The molecule has 1 aromatic carbocycles. The lowest BCUT2D eigenvalue weighted by Gasteiger charge is -2.24. The summed E-state index contributed by atoms with van der Waals surface area (Å²) in [5, 5.41) is 3.24. The van der Waals surface area contributed by atoms with Crippen molar-refractivity contribution in [1.82, 2.24) is 4.72 Å². The molecule has 0 spiro atoms. The van der Waals surface area contributed by atoms with Gasteiger partial charge in [-0.1, -0.05) is 0 Å². The minimum atomic E-state index is -3.42. The molecular weight excluding hydrogens is 300 g/mol. The zero-order chi connectivity index (χ0) is 14.8.